The maximum Gasteiger partial charge on any atom is 0.294 e. The van der Waals surface area contributed by atoms with Gasteiger partial charge < -0.3 is 10.0 Å². The number of hydrogen-bond donors (Lipinski definition) is 1. The summed E-state index contributed by atoms with van der Waals surface area (Å²) < 4.78 is 0. The van der Waals surface area contributed by atoms with Gasteiger partial charge in [0, 0.05) is 43.9 Å². The first-order valence-corrected chi connectivity index (χ1v) is 7.51. The molecule has 0 bridgehead atoms. The van der Waals surface area contributed by atoms with Gasteiger partial charge >= 0.3 is 0 Å². The highest BCUT2D eigenvalue weighted by Crippen LogP contribution is 2.31. The van der Waals surface area contributed by atoms with Crippen molar-refractivity contribution in [1.82, 2.24) is 4.90 Å². The Morgan fingerprint density at radius 2 is 1.95 bits per heavy atom. The Bertz CT molecular complexity index is 490. The molecule has 1 aliphatic rings. The van der Waals surface area contributed by atoms with E-state index < -0.39 is 0 Å². The van der Waals surface area contributed by atoms with Gasteiger partial charge in [-0.15, -0.1) is 0 Å². The Morgan fingerprint density at radius 1 is 1.24 bits per heavy atom. The number of anilines is 1. The van der Waals surface area contributed by atoms with Crippen molar-refractivity contribution in [2.24, 2.45) is 0 Å². The fourth-order valence-electron chi connectivity index (χ4n) is 2.57. The molecule has 0 saturated carbocycles. The lowest BCUT2D eigenvalue weighted by atomic mass is 10.2. The molecule has 0 aliphatic carbocycles. The van der Waals surface area contributed by atoms with Gasteiger partial charge in [-0.3, -0.25) is 15.0 Å². The molecule has 0 atom stereocenters. The Balaban J connectivity index is 1.97. The largest absolute Gasteiger partial charge is 0.396 e. The summed E-state index contributed by atoms with van der Waals surface area (Å²) in [5.41, 5.74) is 0.704. The lowest BCUT2D eigenvalue weighted by Gasteiger charge is -2.35. The highest BCUT2D eigenvalue weighted by molar-refractivity contribution is 6.30. The number of benzene rings is 1. The SMILES string of the molecule is O=[N+]([O-])c1cc(Cl)ccc1N1CCN(CCCCO)CC1. The summed E-state index contributed by atoms with van der Waals surface area (Å²) in [4.78, 5) is 15.1. The number of nitrogens with zero attached hydrogens (tertiary/aromatic N) is 3. The van der Waals surface area contributed by atoms with Crippen LogP contribution in [0.15, 0.2) is 18.2 Å². The molecule has 7 heteroatoms. The number of aliphatic hydroxyl groups excluding tert-OH is 1. The molecule has 21 heavy (non-hydrogen) atoms. The molecular weight excluding hydrogens is 294 g/mol. The van der Waals surface area contributed by atoms with E-state index in [-0.39, 0.29) is 17.2 Å². The zero-order valence-corrected chi connectivity index (χ0v) is 12.6. The molecular formula is C14H20ClN3O3. The molecule has 1 saturated heterocycles. The number of hydrogen-bond acceptors (Lipinski definition) is 5. The van der Waals surface area contributed by atoms with Gasteiger partial charge in [0.05, 0.1) is 4.92 Å². The molecule has 2 rings (SSSR count). The van der Waals surface area contributed by atoms with Gasteiger partial charge in [-0.05, 0) is 31.5 Å². The monoisotopic (exact) mass is 313 g/mol. The number of nitro groups is 1. The molecule has 1 heterocycles. The van der Waals surface area contributed by atoms with E-state index in [4.69, 9.17) is 16.7 Å². The van der Waals surface area contributed by atoms with Crippen LogP contribution in [0.25, 0.3) is 0 Å². The zero-order chi connectivity index (χ0) is 15.2. The van der Waals surface area contributed by atoms with Gasteiger partial charge in [-0.25, -0.2) is 0 Å². The summed E-state index contributed by atoms with van der Waals surface area (Å²) in [6.07, 6.45) is 1.81. The van der Waals surface area contributed by atoms with Crippen LogP contribution in [0.4, 0.5) is 11.4 Å². The van der Waals surface area contributed by atoms with E-state index in [0.29, 0.717) is 10.7 Å². The normalized spacial score (nSPS) is 16.2. The highest BCUT2D eigenvalue weighted by atomic mass is 35.5. The Morgan fingerprint density at radius 3 is 2.57 bits per heavy atom. The predicted octanol–water partition coefficient (Wildman–Crippen LogP) is 2.14. The van der Waals surface area contributed by atoms with E-state index in [1.807, 2.05) is 4.90 Å². The van der Waals surface area contributed by atoms with Gasteiger partial charge in [-0.1, -0.05) is 11.6 Å². The van der Waals surface area contributed by atoms with Crippen molar-refractivity contribution in [2.75, 3.05) is 44.2 Å². The first kappa shape index (κ1) is 16.0. The number of unbranched alkanes of at least 4 members (excludes halogenated alkanes) is 1. The third kappa shape index (κ3) is 4.30. The zero-order valence-electron chi connectivity index (χ0n) is 11.9. The average Bonchev–Trinajstić information content (AvgIpc) is 2.48. The minimum absolute atomic E-state index is 0.0660. The van der Waals surface area contributed by atoms with Crippen LogP contribution >= 0.6 is 11.6 Å². The van der Waals surface area contributed by atoms with Crippen molar-refractivity contribution < 1.29 is 10.0 Å². The molecule has 0 radical (unpaired) electrons. The molecule has 1 aromatic rings. The van der Waals surface area contributed by atoms with Crippen molar-refractivity contribution in [2.45, 2.75) is 12.8 Å². The van der Waals surface area contributed by atoms with Crippen molar-refractivity contribution >= 4 is 23.0 Å². The molecule has 0 unspecified atom stereocenters. The van der Waals surface area contributed by atoms with Crippen LogP contribution in [0, 0.1) is 10.1 Å². The quantitative estimate of drug-likeness (QED) is 0.495. The number of nitro benzene ring substituents is 1. The van der Waals surface area contributed by atoms with Crippen molar-refractivity contribution in [3.63, 3.8) is 0 Å². The van der Waals surface area contributed by atoms with E-state index >= 15 is 0 Å². The van der Waals surface area contributed by atoms with Crippen LogP contribution < -0.4 is 4.90 Å². The van der Waals surface area contributed by atoms with Gasteiger partial charge in [0.2, 0.25) is 0 Å². The molecule has 1 N–H and O–H groups in total. The molecule has 116 valence electrons. The lowest BCUT2D eigenvalue weighted by molar-refractivity contribution is -0.384. The van der Waals surface area contributed by atoms with E-state index in [0.717, 1.165) is 45.6 Å². The van der Waals surface area contributed by atoms with E-state index in [9.17, 15) is 10.1 Å². The van der Waals surface area contributed by atoms with Crippen LogP contribution in [-0.4, -0.2) is 54.3 Å². The first-order valence-electron chi connectivity index (χ1n) is 7.14. The summed E-state index contributed by atoms with van der Waals surface area (Å²) in [5.74, 6) is 0. The Hall–Kier alpha value is -1.37. The van der Waals surface area contributed by atoms with Crippen molar-refractivity contribution in [3.05, 3.63) is 33.3 Å². The molecule has 0 aromatic heterocycles. The van der Waals surface area contributed by atoms with Crippen LogP contribution in [0.3, 0.4) is 0 Å². The van der Waals surface area contributed by atoms with Crippen LogP contribution in [0.5, 0.6) is 0 Å². The summed E-state index contributed by atoms with van der Waals surface area (Å²) in [6, 6.07) is 4.82. The van der Waals surface area contributed by atoms with Crippen molar-refractivity contribution in [3.8, 4) is 0 Å². The van der Waals surface area contributed by atoms with Crippen molar-refractivity contribution in [1.29, 1.82) is 0 Å². The Labute approximate surface area is 129 Å². The topological polar surface area (TPSA) is 69.9 Å². The number of halogens is 1. The fourth-order valence-corrected chi connectivity index (χ4v) is 2.74. The third-order valence-corrected chi connectivity index (χ3v) is 3.96. The molecule has 6 nitrogen and oxygen atoms in total. The standard InChI is InChI=1S/C14H20ClN3O3/c15-12-3-4-13(14(11-12)18(20)21)17-8-6-16(7-9-17)5-1-2-10-19/h3-4,11,19H,1-2,5-10H2. The predicted molar refractivity (Wildman–Crippen MR) is 83.1 cm³/mol. The van der Waals surface area contributed by atoms with Crippen LogP contribution in [0.2, 0.25) is 5.02 Å². The summed E-state index contributed by atoms with van der Waals surface area (Å²) >= 11 is 5.84. The lowest BCUT2D eigenvalue weighted by Crippen LogP contribution is -2.46. The summed E-state index contributed by atoms with van der Waals surface area (Å²) in [6.45, 7) is 4.49. The number of aliphatic hydroxyl groups is 1. The molecule has 0 spiro atoms. The van der Waals surface area contributed by atoms with Gasteiger partial charge in [0.15, 0.2) is 0 Å². The minimum atomic E-state index is -0.380. The third-order valence-electron chi connectivity index (χ3n) is 3.73. The van der Waals surface area contributed by atoms with E-state index in [1.165, 1.54) is 6.07 Å². The Kier molecular flexibility index (Phi) is 5.78. The molecule has 1 aliphatic heterocycles. The maximum atomic E-state index is 11.1. The first-order chi connectivity index (χ1) is 10.1. The van der Waals surface area contributed by atoms with E-state index in [1.54, 1.807) is 12.1 Å². The number of rotatable bonds is 6. The summed E-state index contributed by atoms with van der Waals surface area (Å²) in [7, 11) is 0. The second-order valence-electron chi connectivity index (χ2n) is 5.15. The molecule has 1 fully saturated rings. The van der Waals surface area contributed by atoms with Gasteiger partial charge in [0.25, 0.3) is 5.69 Å². The smallest absolute Gasteiger partial charge is 0.294 e. The molecule has 1 aromatic carbocycles. The minimum Gasteiger partial charge on any atom is -0.396 e. The average molecular weight is 314 g/mol. The summed E-state index contributed by atoms with van der Waals surface area (Å²) in [5, 5.41) is 20.3. The second kappa shape index (κ2) is 7.59. The second-order valence-corrected chi connectivity index (χ2v) is 5.59. The van der Waals surface area contributed by atoms with E-state index in [2.05, 4.69) is 4.90 Å². The number of piperazine rings is 1. The van der Waals surface area contributed by atoms with Gasteiger partial charge in [-0.2, -0.15) is 0 Å². The maximum absolute atomic E-state index is 11.1. The van der Waals surface area contributed by atoms with Crippen LogP contribution in [0.1, 0.15) is 12.8 Å². The molecule has 0 amide bonds. The van der Waals surface area contributed by atoms with Crippen LogP contribution in [-0.2, 0) is 0 Å². The fraction of sp³-hybridized carbons (Fsp3) is 0.571. The highest BCUT2D eigenvalue weighted by Gasteiger charge is 2.23. The van der Waals surface area contributed by atoms with Gasteiger partial charge in [0.1, 0.15) is 5.69 Å².